The summed E-state index contributed by atoms with van der Waals surface area (Å²) in [6.45, 7) is 0. The van der Waals surface area contributed by atoms with E-state index in [2.05, 4.69) is 20.6 Å². The Hall–Kier alpha value is -3.13. The lowest BCUT2D eigenvalue weighted by molar-refractivity contribution is -0.143. The maximum Gasteiger partial charge on any atom is 0.434 e. The molecule has 2 N–H and O–H groups in total. The first-order valence-corrected chi connectivity index (χ1v) is 15.0. The van der Waals surface area contributed by atoms with Gasteiger partial charge in [0, 0.05) is 35.7 Å². The first-order valence-electron chi connectivity index (χ1n) is 12.6. The largest absolute Gasteiger partial charge is 0.467 e. The second kappa shape index (κ2) is 13.0. The third-order valence-corrected chi connectivity index (χ3v) is 8.46. The predicted octanol–water partition coefficient (Wildman–Crippen LogP) is 4.13. The van der Waals surface area contributed by atoms with Crippen molar-refractivity contribution >= 4 is 44.6 Å². The van der Waals surface area contributed by atoms with Crippen molar-refractivity contribution < 1.29 is 35.9 Å². The number of ether oxygens (including phenoxy) is 1. The number of thiocarbonyl (C=S) groups is 1. The first-order chi connectivity index (χ1) is 18.7. The molecule has 14 heteroatoms. The predicted molar refractivity (Wildman–Crippen MR) is 147 cm³/mol. The standard InChI is InChI=1S/C26H31F3N4O5S2/c1-38-23(35)20(33-24(39)25(11-5-12-25)10-3-4-13-40(2,36)37)14-17-6-8-18(9-7-17)32-22(34)19-15-30-16-31-21(19)26(27,28)29/h6-9,15-16,20H,3-5,10-14H2,1-2H3,(H,32,34)(H,33,39). The fourth-order valence-electron chi connectivity index (χ4n) is 4.55. The molecule has 1 unspecified atom stereocenters. The van der Waals surface area contributed by atoms with Crippen molar-refractivity contribution in [2.45, 2.75) is 57.2 Å². The van der Waals surface area contributed by atoms with Crippen LogP contribution in [0.2, 0.25) is 0 Å². The minimum atomic E-state index is -4.82. The molecule has 218 valence electrons. The second-order valence-electron chi connectivity index (χ2n) is 9.91. The number of amides is 1. The van der Waals surface area contributed by atoms with Crippen LogP contribution in [0.1, 0.15) is 60.1 Å². The zero-order valence-electron chi connectivity index (χ0n) is 22.1. The second-order valence-corrected chi connectivity index (χ2v) is 12.6. The number of carbonyl (C=O) groups excluding carboxylic acids is 2. The molecule has 1 saturated carbocycles. The highest BCUT2D eigenvalue weighted by Crippen LogP contribution is 2.46. The van der Waals surface area contributed by atoms with Crippen molar-refractivity contribution in [1.82, 2.24) is 15.3 Å². The fourth-order valence-corrected chi connectivity index (χ4v) is 5.73. The molecule has 1 aromatic heterocycles. The number of hydrogen-bond donors (Lipinski definition) is 2. The summed E-state index contributed by atoms with van der Waals surface area (Å²) in [4.78, 5) is 32.3. The number of benzene rings is 1. The molecule has 2 aromatic rings. The number of halogens is 3. The van der Waals surface area contributed by atoms with Crippen LogP contribution in [0.5, 0.6) is 0 Å². The Morgan fingerprint density at radius 3 is 2.40 bits per heavy atom. The lowest BCUT2D eigenvalue weighted by Crippen LogP contribution is -2.51. The number of nitrogens with one attached hydrogen (secondary N) is 2. The molecule has 0 bridgehead atoms. The van der Waals surface area contributed by atoms with E-state index >= 15 is 0 Å². The third kappa shape index (κ3) is 8.43. The highest BCUT2D eigenvalue weighted by molar-refractivity contribution is 7.90. The SMILES string of the molecule is COC(=O)C(Cc1ccc(NC(=O)c2cncnc2C(F)(F)F)cc1)NC(=S)C1(CCCCS(C)(=O)=O)CCC1. The lowest BCUT2D eigenvalue weighted by atomic mass is 9.65. The quantitative estimate of drug-likeness (QED) is 0.210. The Morgan fingerprint density at radius 1 is 1.18 bits per heavy atom. The van der Waals surface area contributed by atoms with Gasteiger partial charge >= 0.3 is 12.1 Å². The van der Waals surface area contributed by atoms with Crippen molar-refractivity contribution in [3.63, 3.8) is 0 Å². The van der Waals surface area contributed by atoms with Crippen LogP contribution in [0.4, 0.5) is 18.9 Å². The lowest BCUT2D eigenvalue weighted by Gasteiger charge is -2.43. The molecule has 1 amide bonds. The van der Waals surface area contributed by atoms with Gasteiger partial charge in [-0.1, -0.05) is 37.2 Å². The van der Waals surface area contributed by atoms with Crippen molar-refractivity contribution in [3.8, 4) is 0 Å². The number of nitrogens with zero attached hydrogens (tertiary/aromatic N) is 2. The van der Waals surface area contributed by atoms with Gasteiger partial charge in [-0.3, -0.25) is 4.79 Å². The Balaban J connectivity index is 1.64. The topological polar surface area (TPSA) is 127 Å². The zero-order valence-corrected chi connectivity index (χ0v) is 23.7. The molecule has 40 heavy (non-hydrogen) atoms. The molecule has 1 aliphatic carbocycles. The van der Waals surface area contributed by atoms with E-state index in [0.29, 0.717) is 23.4 Å². The van der Waals surface area contributed by atoms with Gasteiger partial charge in [0.1, 0.15) is 22.2 Å². The maximum atomic E-state index is 13.2. The van der Waals surface area contributed by atoms with E-state index in [-0.39, 0.29) is 23.3 Å². The van der Waals surface area contributed by atoms with Crippen LogP contribution in [-0.4, -0.2) is 60.4 Å². The average Bonchev–Trinajstić information content (AvgIpc) is 2.86. The number of unbranched alkanes of at least 4 members (excludes halogenated alkanes) is 1. The fraction of sp³-hybridized carbons (Fsp3) is 0.500. The molecule has 0 radical (unpaired) electrons. The molecule has 1 fully saturated rings. The number of esters is 1. The number of methoxy groups -OCH3 is 1. The summed E-state index contributed by atoms with van der Waals surface area (Å²) in [7, 11) is -1.77. The number of sulfone groups is 1. The molecular formula is C26H31F3N4O5S2. The monoisotopic (exact) mass is 600 g/mol. The highest BCUT2D eigenvalue weighted by Gasteiger charge is 2.42. The Morgan fingerprint density at radius 2 is 1.85 bits per heavy atom. The van der Waals surface area contributed by atoms with E-state index in [9.17, 15) is 31.2 Å². The van der Waals surface area contributed by atoms with Gasteiger partial charge in [0.2, 0.25) is 0 Å². The van der Waals surface area contributed by atoms with Crippen molar-refractivity contribution in [3.05, 3.63) is 53.6 Å². The Kier molecular flexibility index (Phi) is 10.2. The molecular weight excluding hydrogens is 569 g/mol. The normalized spacial score (nSPS) is 15.4. The molecule has 1 atom stereocenters. The van der Waals surface area contributed by atoms with Gasteiger partial charge < -0.3 is 15.4 Å². The van der Waals surface area contributed by atoms with Crippen molar-refractivity contribution in [1.29, 1.82) is 0 Å². The summed E-state index contributed by atoms with van der Waals surface area (Å²) in [6.07, 6.45) is 2.77. The number of carbonyl (C=O) groups is 2. The van der Waals surface area contributed by atoms with E-state index < -0.39 is 45.2 Å². The Bertz CT molecular complexity index is 1330. The van der Waals surface area contributed by atoms with Crippen LogP contribution in [0.25, 0.3) is 0 Å². The molecule has 0 spiro atoms. The van der Waals surface area contributed by atoms with Crippen molar-refractivity contribution in [2.75, 3.05) is 24.4 Å². The Labute approximate surface area is 236 Å². The highest BCUT2D eigenvalue weighted by atomic mass is 32.2. The summed E-state index contributed by atoms with van der Waals surface area (Å²) < 4.78 is 67.4. The molecule has 1 aliphatic rings. The van der Waals surface area contributed by atoms with E-state index in [1.54, 1.807) is 12.1 Å². The first kappa shape index (κ1) is 31.4. The van der Waals surface area contributed by atoms with E-state index in [4.69, 9.17) is 17.0 Å². The van der Waals surface area contributed by atoms with Crippen LogP contribution in [0, 0.1) is 5.41 Å². The van der Waals surface area contributed by atoms with Gasteiger partial charge in [-0.25, -0.2) is 23.2 Å². The van der Waals surface area contributed by atoms with E-state index in [1.165, 1.54) is 25.5 Å². The minimum absolute atomic E-state index is 0.118. The summed E-state index contributed by atoms with van der Waals surface area (Å²) in [5.41, 5.74) is -1.39. The van der Waals surface area contributed by atoms with Gasteiger partial charge in [-0.05, 0) is 43.4 Å². The average molecular weight is 601 g/mol. The molecule has 0 saturated heterocycles. The van der Waals surface area contributed by atoms with Crippen LogP contribution in [-0.2, 0) is 32.0 Å². The molecule has 1 aromatic carbocycles. The van der Waals surface area contributed by atoms with Gasteiger partial charge in [-0.15, -0.1) is 0 Å². The van der Waals surface area contributed by atoms with Crippen LogP contribution >= 0.6 is 12.2 Å². The summed E-state index contributed by atoms with van der Waals surface area (Å²) in [5, 5.41) is 5.55. The van der Waals surface area contributed by atoms with Crippen LogP contribution in [0.3, 0.4) is 0 Å². The summed E-state index contributed by atoms with van der Waals surface area (Å²) in [5.74, 6) is -1.41. The number of rotatable bonds is 12. The number of alkyl halides is 3. The summed E-state index contributed by atoms with van der Waals surface area (Å²) >= 11 is 5.70. The van der Waals surface area contributed by atoms with Gasteiger partial charge in [0.25, 0.3) is 5.91 Å². The molecule has 9 nitrogen and oxygen atoms in total. The molecule has 0 aliphatic heterocycles. The van der Waals surface area contributed by atoms with Gasteiger partial charge in [-0.2, -0.15) is 13.2 Å². The smallest absolute Gasteiger partial charge is 0.434 e. The summed E-state index contributed by atoms with van der Waals surface area (Å²) in [6, 6.07) is 5.49. The van der Waals surface area contributed by atoms with Gasteiger partial charge in [0.15, 0.2) is 5.69 Å². The van der Waals surface area contributed by atoms with E-state index in [1.807, 2.05) is 0 Å². The number of hydrogen-bond acceptors (Lipinski definition) is 8. The maximum absolute atomic E-state index is 13.2. The van der Waals surface area contributed by atoms with Gasteiger partial charge in [0.05, 0.1) is 17.7 Å². The zero-order chi connectivity index (χ0) is 29.6. The molecule has 1 heterocycles. The number of anilines is 1. The van der Waals surface area contributed by atoms with E-state index in [0.717, 1.165) is 38.2 Å². The minimum Gasteiger partial charge on any atom is -0.467 e. The molecule has 3 rings (SSSR count). The van der Waals surface area contributed by atoms with Crippen LogP contribution < -0.4 is 10.6 Å². The number of aromatic nitrogens is 2. The third-order valence-electron chi connectivity index (χ3n) is 6.88. The van der Waals surface area contributed by atoms with Crippen LogP contribution in [0.15, 0.2) is 36.8 Å². The van der Waals surface area contributed by atoms with Crippen molar-refractivity contribution in [2.24, 2.45) is 5.41 Å².